The van der Waals surface area contributed by atoms with E-state index in [2.05, 4.69) is 17.3 Å². The fourth-order valence-electron chi connectivity index (χ4n) is 2.87. The number of hydrogen-bond donors (Lipinski definition) is 1. The van der Waals surface area contributed by atoms with Gasteiger partial charge in [-0.2, -0.15) is 5.10 Å². The smallest absolute Gasteiger partial charge is 0.271 e. The molecule has 1 saturated heterocycles. The van der Waals surface area contributed by atoms with Gasteiger partial charge in [-0.3, -0.25) is 9.48 Å². The van der Waals surface area contributed by atoms with E-state index in [9.17, 15) is 4.79 Å². The van der Waals surface area contributed by atoms with Gasteiger partial charge in [0.25, 0.3) is 5.91 Å². The lowest BCUT2D eigenvalue weighted by molar-refractivity contribution is 0.0776. The Kier molecular flexibility index (Phi) is 5.79. The third kappa shape index (κ3) is 4.06. The SMILES string of the molecule is CCc1cc(C(=O)N(C)CCC2CCCCN2)n(CC)n1. The van der Waals surface area contributed by atoms with Gasteiger partial charge in [0.05, 0.1) is 5.69 Å². The van der Waals surface area contributed by atoms with Gasteiger partial charge in [-0.05, 0) is 45.2 Å². The van der Waals surface area contributed by atoms with Crippen LogP contribution in [0.3, 0.4) is 0 Å². The minimum Gasteiger partial charge on any atom is -0.340 e. The first-order valence-electron chi connectivity index (χ1n) is 8.21. The highest BCUT2D eigenvalue weighted by atomic mass is 16.2. The van der Waals surface area contributed by atoms with E-state index in [1.165, 1.54) is 19.3 Å². The van der Waals surface area contributed by atoms with E-state index in [0.717, 1.165) is 38.2 Å². The monoisotopic (exact) mass is 292 g/mol. The van der Waals surface area contributed by atoms with Crippen LogP contribution in [0.25, 0.3) is 0 Å². The molecule has 0 aliphatic carbocycles. The highest BCUT2D eigenvalue weighted by molar-refractivity contribution is 5.92. The number of nitrogens with zero attached hydrogens (tertiary/aromatic N) is 3. The first-order valence-corrected chi connectivity index (χ1v) is 8.21. The van der Waals surface area contributed by atoms with Crippen LogP contribution >= 0.6 is 0 Å². The molecule has 1 aromatic rings. The van der Waals surface area contributed by atoms with Gasteiger partial charge in [-0.1, -0.05) is 13.3 Å². The molecule has 0 spiro atoms. The molecule has 1 atom stereocenters. The normalized spacial score (nSPS) is 18.7. The Labute approximate surface area is 127 Å². The van der Waals surface area contributed by atoms with Crippen molar-refractivity contribution in [1.29, 1.82) is 0 Å². The summed E-state index contributed by atoms with van der Waals surface area (Å²) in [5.41, 5.74) is 1.70. The second-order valence-corrected chi connectivity index (χ2v) is 5.85. The molecule has 1 aliphatic heterocycles. The average Bonchev–Trinajstić information content (AvgIpc) is 2.96. The van der Waals surface area contributed by atoms with Crippen molar-refractivity contribution in [3.8, 4) is 0 Å². The van der Waals surface area contributed by atoms with Crippen molar-refractivity contribution in [2.24, 2.45) is 0 Å². The molecule has 5 heteroatoms. The predicted molar refractivity (Wildman–Crippen MR) is 84.5 cm³/mol. The maximum atomic E-state index is 12.6. The van der Waals surface area contributed by atoms with E-state index in [1.807, 2.05) is 29.6 Å². The maximum absolute atomic E-state index is 12.6. The van der Waals surface area contributed by atoms with Gasteiger partial charge < -0.3 is 10.2 Å². The topological polar surface area (TPSA) is 50.2 Å². The van der Waals surface area contributed by atoms with Crippen LogP contribution in [-0.2, 0) is 13.0 Å². The molecule has 1 unspecified atom stereocenters. The van der Waals surface area contributed by atoms with Gasteiger partial charge >= 0.3 is 0 Å². The van der Waals surface area contributed by atoms with Crippen LogP contribution in [0.15, 0.2) is 6.07 Å². The molecule has 0 bridgehead atoms. The lowest BCUT2D eigenvalue weighted by Gasteiger charge is -2.26. The summed E-state index contributed by atoms with van der Waals surface area (Å²) >= 11 is 0. The zero-order valence-electron chi connectivity index (χ0n) is 13.6. The van der Waals surface area contributed by atoms with Crippen LogP contribution in [0, 0.1) is 0 Å². The molecule has 1 fully saturated rings. The third-order valence-electron chi connectivity index (χ3n) is 4.28. The summed E-state index contributed by atoms with van der Waals surface area (Å²) in [6.07, 6.45) is 5.71. The standard InChI is InChI=1S/C16H28N4O/c1-4-13-12-15(20(5-2)18-13)16(21)19(3)11-9-14-8-6-7-10-17-14/h12,14,17H,4-11H2,1-3H3. The molecule has 21 heavy (non-hydrogen) atoms. The van der Waals surface area contributed by atoms with Crippen molar-refractivity contribution in [3.63, 3.8) is 0 Å². The van der Waals surface area contributed by atoms with Crippen LogP contribution in [0.2, 0.25) is 0 Å². The Morgan fingerprint density at radius 3 is 2.90 bits per heavy atom. The molecule has 2 heterocycles. The highest BCUT2D eigenvalue weighted by Gasteiger charge is 2.19. The van der Waals surface area contributed by atoms with Crippen LogP contribution in [0.1, 0.15) is 55.7 Å². The molecule has 0 aromatic carbocycles. The van der Waals surface area contributed by atoms with Gasteiger partial charge in [-0.15, -0.1) is 0 Å². The zero-order valence-corrected chi connectivity index (χ0v) is 13.6. The number of carbonyl (C=O) groups is 1. The van der Waals surface area contributed by atoms with E-state index in [4.69, 9.17) is 0 Å². The number of rotatable bonds is 6. The molecule has 118 valence electrons. The number of hydrogen-bond acceptors (Lipinski definition) is 3. The van der Waals surface area contributed by atoms with Crippen LogP contribution < -0.4 is 5.32 Å². The summed E-state index contributed by atoms with van der Waals surface area (Å²) in [7, 11) is 1.89. The molecule has 1 aliphatic rings. The summed E-state index contributed by atoms with van der Waals surface area (Å²) in [5.74, 6) is 0.0832. The molecule has 1 aromatic heterocycles. The molecule has 1 amide bonds. The Hall–Kier alpha value is -1.36. The first kappa shape index (κ1) is 16.0. The van der Waals surface area contributed by atoms with Crippen molar-refractivity contribution >= 4 is 5.91 Å². The van der Waals surface area contributed by atoms with Gasteiger partial charge in [0.1, 0.15) is 5.69 Å². The molecule has 2 rings (SSSR count). The Balaban J connectivity index is 1.93. The largest absolute Gasteiger partial charge is 0.340 e. The number of amides is 1. The van der Waals surface area contributed by atoms with Crippen molar-refractivity contribution in [2.75, 3.05) is 20.1 Å². The Morgan fingerprint density at radius 1 is 1.48 bits per heavy atom. The number of carbonyl (C=O) groups excluding carboxylic acids is 1. The van der Waals surface area contributed by atoms with E-state index >= 15 is 0 Å². The summed E-state index contributed by atoms with van der Waals surface area (Å²) in [5, 5.41) is 7.99. The minimum absolute atomic E-state index is 0.0832. The van der Waals surface area contributed by atoms with Crippen molar-refractivity contribution < 1.29 is 4.79 Å². The summed E-state index contributed by atoms with van der Waals surface area (Å²) in [6.45, 7) is 6.74. The predicted octanol–water partition coefficient (Wildman–Crippen LogP) is 2.07. The molecule has 1 N–H and O–H groups in total. The van der Waals surface area contributed by atoms with Crippen LogP contribution in [0.5, 0.6) is 0 Å². The second-order valence-electron chi connectivity index (χ2n) is 5.85. The highest BCUT2D eigenvalue weighted by Crippen LogP contribution is 2.12. The first-order chi connectivity index (χ1) is 10.2. The van der Waals surface area contributed by atoms with E-state index < -0.39 is 0 Å². The fraction of sp³-hybridized carbons (Fsp3) is 0.750. The van der Waals surface area contributed by atoms with E-state index in [0.29, 0.717) is 11.7 Å². The quantitative estimate of drug-likeness (QED) is 0.873. The fourth-order valence-corrected chi connectivity index (χ4v) is 2.87. The molecule has 5 nitrogen and oxygen atoms in total. The Bertz CT molecular complexity index is 463. The van der Waals surface area contributed by atoms with E-state index in [-0.39, 0.29) is 5.91 Å². The number of nitrogens with one attached hydrogen (secondary N) is 1. The van der Waals surface area contributed by atoms with Gasteiger partial charge in [0, 0.05) is 26.2 Å². The van der Waals surface area contributed by atoms with Gasteiger partial charge in [-0.25, -0.2) is 0 Å². The molecular weight excluding hydrogens is 264 g/mol. The van der Waals surface area contributed by atoms with Gasteiger partial charge in [0.2, 0.25) is 0 Å². The Morgan fingerprint density at radius 2 is 2.29 bits per heavy atom. The van der Waals surface area contributed by atoms with Crippen LogP contribution in [0.4, 0.5) is 0 Å². The maximum Gasteiger partial charge on any atom is 0.271 e. The number of aromatic nitrogens is 2. The molecule has 0 radical (unpaired) electrons. The number of aryl methyl sites for hydroxylation is 2. The third-order valence-corrected chi connectivity index (χ3v) is 4.28. The summed E-state index contributed by atoms with van der Waals surface area (Å²) in [6, 6.07) is 2.50. The van der Waals surface area contributed by atoms with Crippen molar-refractivity contribution in [3.05, 3.63) is 17.5 Å². The second kappa shape index (κ2) is 7.59. The summed E-state index contributed by atoms with van der Waals surface area (Å²) < 4.78 is 1.82. The van der Waals surface area contributed by atoms with E-state index in [1.54, 1.807) is 0 Å². The zero-order chi connectivity index (χ0) is 15.2. The lowest BCUT2D eigenvalue weighted by Crippen LogP contribution is -2.38. The van der Waals surface area contributed by atoms with Crippen LogP contribution in [-0.4, -0.2) is 46.8 Å². The summed E-state index contributed by atoms with van der Waals surface area (Å²) in [4.78, 5) is 14.4. The molecule has 0 saturated carbocycles. The lowest BCUT2D eigenvalue weighted by atomic mass is 10.0. The van der Waals surface area contributed by atoms with Gasteiger partial charge in [0.15, 0.2) is 0 Å². The number of piperidine rings is 1. The molecular formula is C16H28N4O. The average molecular weight is 292 g/mol. The minimum atomic E-state index is 0.0832. The van der Waals surface area contributed by atoms with Crippen molar-refractivity contribution in [1.82, 2.24) is 20.0 Å². The van der Waals surface area contributed by atoms with Crippen molar-refractivity contribution in [2.45, 2.75) is 58.5 Å².